The fraction of sp³-hybridized carbons (Fsp3) is 0.600. The molecule has 0 bridgehead atoms. The quantitative estimate of drug-likeness (QED) is 0.520. The van der Waals surface area contributed by atoms with Crippen molar-refractivity contribution in [2.24, 2.45) is 0 Å². The zero-order valence-electron chi connectivity index (χ0n) is 7.41. The topological polar surface area (TPSA) is 0 Å². The van der Waals surface area contributed by atoms with Crippen LogP contribution in [0.4, 0.5) is 0 Å². The van der Waals surface area contributed by atoms with Gasteiger partial charge in [0.2, 0.25) is 0 Å². The molecule has 0 radical (unpaired) electrons. The second kappa shape index (κ2) is 5.28. The summed E-state index contributed by atoms with van der Waals surface area (Å²) >= 11 is 0. The van der Waals surface area contributed by atoms with Crippen LogP contribution in [0.3, 0.4) is 0 Å². The highest BCUT2D eigenvalue weighted by atomic mass is 14.0. The highest BCUT2D eigenvalue weighted by Crippen LogP contribution is 2.16. The lowest BCUT2D eigenvalue weighted by atomic mass is 10.0. The zero-order valence-corrected chi connectivity index (χ0v) is 7.41. The Morgan fingerprint density at radius 2 is 2.00 bits per heavy atom. The fourth-order valence-electron chi connectivity index (χ4n) is 1.12. The van der Waals surface area contributed by atoms with E-state index in [1.54, 1.807) is 0 Å². The minimum Gasteiger partial charge on any atom is -0.0956 e. The molecule has 0 aliphatic heterocycles. The van der Waals surface area contributed by atoms with Crippen LogP contribution in [0.25, 0.3) is 0 Å². The largest absolute Gasteiger partial charge is 0.0956 e. The number of rotatable bonds is 4. The lowest BCUT2D eigenvalue weighted by Crippen LogP contribution is -1.85. The van der Waals surface area contributed by atoms with E-state index in [1.165, 1.54) is 17.6 Å². The van der Waals surface area contributed by atoms with E-state index in [-0.39, 0.29) is 0 Å². The smallest absolute Gasteiger partial charge is 0.0285 e. The van der Waals surface area contributed by atoms with Crippen LogP contribution in [-0.2, 0) is 0 Å². The molecule has 0 nitrogen and oxygen atoms in total. The Hall–Kier alpha value is -0.520. The van der Waals surface area contributed by atoms with Gasteiger partial charge in [0.15, 0.2) is 0 Å². The maximum atomic E-state index is 4.02. The molecular formula is C10H18. The van der Waals surface area contributed by atoms with Crippen LogP contribution in [0.1, 0.15) is 40.0 Å². The van der Waals surface area contributed by atoms with Crippen molar-refractivity contribution in [2.45, 2.75) is 40.0 Å². The van der Waals surface area contributed by atoms with Crippen LogP contribution < -0.4 is 0 Å². The average Bonchev–Trinajstić information content (AvgIpc) is 1.91. The molecule has 0 rings (SSSR count). The van der Waals surface area contributed by atoms with Gasteiger partial charge in [0.25, 0.3) is 0 Å². The zero-order chi connectivity index (χ0) is 7.98. The van der Waals surface area contributed by atoms with E-state index in [1.807, 2.05) is 0 Å². The highest BCUT2D eigenvalue weighted by molar-refractivity contribution is 5.26. The third-order valence-corrected chi connectivity index (χ3v) is 1.74. The van der Waals surface area contributed by atoms with Crippen molar-refractivity contribution in [3.63, 3.8) is 0 Å². The van der Waals surface area contributed by atoms with Crippen LogP contribution in [0.2, 0.25) is 0 Å². The summed E-state index contributed by atoms with van der Waals surface area (Å²) in [5.74, 6) is 0. The minimum absolute atomic E-state index is 1.12. The molecule has 0 saturated heterocycles. The Morgan fingerprint density at radius 3 is 2.30 bits per heavy atom. The van der Waals surface area contributed by atoms with Crippen LogP contribution in [0.15, 0.2) is 23.8 Å². The molecule has 10 heavy (non-hydrogen) atoms. The van der Waals surface area contributed by atoms with Gasteiger partial charge in [-0.2, -0.15) is 0 Å². The van der Waals surface area contributed by atoms with Crippen molar-refractivity contribution in [1.82, 2.24) is 0 Å². The molecule has 0 fully saturated rings. The average molecular weight is 138 g/mol. The second-order valence-electron chi connectivity index (χ2n) is 2.52. The molecule has 0 aliphatic carbocycles. The van der Waals surface area contributed by atoms with Crippen LogP contribution in [-0.4, -0.2) is 0 Å². The molecule has 0 heterocycles. The molecular weight excluding hydrogens is 120 g/mol. The molecule has 0 unspecified atom stereocenters. The van der Waals surface area contributed by atoms with Crippen molar-refractivity contribution >= 4 is 0 Å². The fourth-order valence-corrected chi connectivity index (χ4v) is 1.12. The molecule has 0 spiro atoms. The maximum absolute atomic E-state index is 4.02. The van der Waals surface area contributed by atoms with E-state index >= 15 is 0 Å². The summed E-state index contributed by atoms with van der Waals surface area (Å²) < 4.78 is 0. The SMILES string of the molecule is C=C(CCC)/C(=C\C)CC. The van der Waals surface area contributed by atoms with Crippen molar-refractivity contribution in [2.75, 3.05) is 0 Å². The lowest BCUT2D eigenvalue weighted by molar-refractivity contribution is 0.896. The highest BCUT2D eigenvalue weighted by Gasteiger charge is 1.96. The van der Waals surface area contributed by atoms with E-state index in [4.69, 9.17) is 0 Å². The summed E-state index contributed by atoms with van der Waals surface area (Å²) in [6, 6.07) is 0. The van der Waals surface area contributed by atoms with Gasteiger partial charge >= 0.3 is 0 Å². The van der Waals surface area contributed by atoms with E-state index in [9.17, 15) is 0 Å². The number of allylic oxidation sites excluding steroid dienone is 3. The normalized spacial score (nSPS) is 11.7. The molecule has 0 aliphatic rings. The molecule has 0 heteroatoms. The summed E-state index contributed by atoms with van der Waals surface area (Å²) in [7, 11) is 0. The Bertz CT molecular complexity index is 129. The molecule has 0 atom stereocenters. The maximum Gasteiger partial charge on any atom is -0.0285 e. The van der Waals surface area contributed by atoms with Crippen molar-refractivity contribution < 1.29 is 0 Å². The van der Waals surface area contributed by atoms with Gasteiger partial charge < -0.3 is 0 Å². The van der Waals surface area contributed by atoms with Gasteiger partial charge in [0, 0.05) is 0 Å². The summed E-state index contributed by atoms with van der Waals surface area (Å²) in [6.45, 7) is 10.5. The second-order valence-corrected chi connectivity index (χ2v) is 2.52. The first kappa shape index (κ1) is 9.48. The van der Waals surface area contributed by atoms with Gasteiger partial charge in [0.1, 0.15) is 0 Å². The molecule has 0 N–H and O–H groups in total. The van der Waals surface area contributed by atoms with Gasteiger partial charge in [0.05, 0.1) is 0 Å². The van der Waals surface area contributed by atoms with E-state index in [2.05, 4.69) is 33.4 Å². The third-order valence-electron chi connectivity index (χ3n) is 1.74. The summed E-state index contributed by atoms with van der Waals surface area (Å²) in [5.41, 5.74) is 2.73. The first-order chi connectivity index (χ1) is 4.76. The Balaban J connectivity index is 3.91. The Labute approximate surface area is 64.6 Å². The van der Waals surface area contributed by atoms with Crippen LogP contribution >= 0.6 is 0 Å². The molecule has 0 amide bonds. The summed E-state index contributed by atoms with van der Waals surface area (Å²) in [5, 5.41) is 0. The number of hydrogen-bond donors (Lipinski definition) is 0. The first-order valence-electron chi connectivity index (χ1n) is 4.09. The molecule has 0 aromatic carbocycles. The Kier molecular flexibility index (Phi) is 5.00. The van der Waals surface area contributed by atoms with Crippen LogP contribution in [0, 0.1) is 0 Å². The van der Waals surface area contributed by atoms with Gasteiger partial charge in [-0.1, -0.05) is 38.5 Å². The summed E-state index contributed by atoms with van der Waals surface area (Å²) in [4.78, 5) is 0. The Morgan fingerprint density at radius 1 is 1.40 bits per heavy atom. The van der Waals surface area contributed by atoms with Crippen molar-refractivity contribution in [1.29, 1.82) is 0 Å². The molecule has 0 saturated carbocycles. The van der Waals surface area contributed by atoms with E-state index in [0.29, 0.717) is 0 Å². The summed E-state index contributed by atoms with van der Waals surface area (Å²) in [6.07, 6.45) is 5.64. The monoisotopic (exact) mass is 138 g/mol. The van der Waals surface area contributed by atoms with Gasteiger partial charge in [-0.3, -0.25) is 0 Å². The molecule has 0 aromatic heterocycles. The van der Waals surface area contributed by atoms with E-state index in [0.717, 1.165) is 12.8 Å². The third kappa shape index (κ3) is 2.86. The van der Waals surface area contributed by atoms with Crippen molar-refractivity contribution in [3.05, 3.63) is 23.8 Å². The molecule has 58 valence electrons. The van der Waals surface area contributed by atoms with Crippen molar-refractivity contribution in [3.8, 4) is 0 Å². The van der Waals surface area contributed by atoms with E-state index < -0.39 is 0 Å². The first-order valence-corrected chi connectivity index (χ1v) is 4.09. The van der Waals surface area contributed by atoms with Crippen LogP contribution in [0.5, 0.6) is 0 Å². The minimum atomic E-state index is 1.12. The standard InChI is InChI=1S/C10H18/c1-5-8-9(4)10(6-2)7-3/h6H,4-5,7-8H2,1-3H3/b10-6-. The number of hydrogen-bond acceptors (Lipinski definition) is 0. The molecule has 0 aromatic rings. The predicted octanol–water partition coefficient (Wildman–Crippen LogP) is 3.70. The predicted molar refractivity (Wildman–Crippen MR) is 48.1 cm³/mol. The van der Waals surface area contributed by atoms with Gasteiger partial charge in [-0.25, -0.2) is 0 Å². The van der Waals surface area contributed by atoms with Gasteiger partial charge in [-0.15, -0.1) is 0 Å². The van der Waals surface area contributed by atoms with Gasteiger partial charge in [-0.05, 0) is 25.3 Å². The lowest BCUT2D eigenvalue weighted by Gasteiger charge is -2.05.